The van der Waals surface area contributed by atoms with Gasteiger partial charge in [0.25, 0.3) is 0 Å². The Bertz CT molecular complexity index is 1790. The lowest BCUT2D eigenvalue weighted by molar-refractivity contribution is -0.127. The molecule has 11 heteroatoms. The number of para-hydroxylation sites is 2. The van der Waals surface area contributed by atoms with Crippen molar-refractivity contribution in [2.75, 3.05) is 23.7 Å². The largest absolute Gasteiger partial charge is 0.361 e. The Kier molecular flexibility index (Phi) is 5.73. The lowest BCUT2D eigenvalue weighted by Crippen LogP contribution is -2.28. The van der Waals surface area contributed by atoms with Gasteiger partial charge in [-0.15, -0.1) is 0 Å². The number of carbonyl (C=O) groups excluding carboxylic acids is 1. The van der Waals surface area contributed by atoms with Gasteiger partial charge in [0.1, 0.15) is 5.82 Å². The summed E-state index contributed by atoms with van der Waals surface area (Å²) in [6.07, 6.45) is 5.08. The van der Waals surface area contributed by atoms with Crippen LogP contribution in [-0.2, 0) is 17.9 Å². The van der Waals surface area contributed by atoms with E-state index >= 15 is 0 Å². The third kappa shape index (κ3) is 4.58. The van der Waals surface area contributed by atoms with Gasteiger partial charge in [-0.05, 0) is 42.8 Å². The van der Waals surface area contributed by atoms with E-state index in [1.54, 1.807) is 12.5 Å². The summed E-state index contributed by atoms with van der Waals surface area (Å²) in [6, 6.07) is 17.8. The van der Waals surface area contributed by atoms with Crippen LogP contribution in [0.15, 0.2) is 67.1 Å². The molecule has 0 spiro atoms. The molecule has 0 radical (unpaired) electrons. The number of imidazole rings is 2. The van der Waals surface area contributed by atoms with E-state index in [1.807, 2.05) is 64.1 Å². The zero-order valence-corrected chi connectivity index (χ0v) is 21.1. The monoisotopic (exact) mass is 518 g/mol. The predicted octanol–water partition coefficient (Wildman–Crippen LogP) is 4.23. The first-order valence-corrected chi connectivity index (χ1v) is 13.0. The van der Waals surface area contributed by atoms with Crippen molar-refractivity contribution in [1.82, 2.24) is 39.4 Å². The number of carbonyl (C=O) groups is 1. The van der Waals surface area contributed by atoms with Gasteiger partial charge in [0.2, 0.25) is 11.9 Å². The summed E-state index contributed by atoms with van der Waals surface area (Å²) >= 11 is 0. The topological polar surface area (TPSA) is 130 Å². The van der Waals surface area contributed by atoms with E-state index in [2.05, 4.69) is 30.6 Å². The first kappa shape index (κ1) is 23.1. The van der Waals surface area contributed by atoms with Gasteiger partial charge < -0.3 is 25.1 Å². The van der Waals surface area contributed by atoms with E-state index in [0.29, 0.717) is 49.0 Å². The fraction of sp³-hybridized carbons (Fsp3) is 0.214. The average Bonchev–Trinajstić information content (AvgIpc) is 3.68. The molecule has 5 heterocycles. The molecular formula is C28H26N10O. The molecule has 39 heavy (non-hydrogen) atoms. The van der Waals surface area contributed by atoms with Crippen LogP contribution in [0.25, 0.3) is 33.1 Å². The number of benzene rings is 2. The summed E-state index contributed by atoms with van der Waals surface area (Å²) in [4.78, 5) is 40.7. The number of aromatic nitrogens is 7. The van der Waals surface area contributed by atoms with Crippen LogP contribution >= 0.6 is 0 Å². The van der Waals surface area contributed by atoms with Crippen molar-refractivity contribution >= 4 is 56.5 Å². The van der Waals surface area contributed by atoms with E-state index in [9.17, 15) is 4.79 Å². The van der Waals surface area contributed by atoms with Crippen molar-refractivity contribution in [3.05, 3.63) is 72.9 Å². The molecule has 1 fully saturated rings. The maximum Gasteiger partial charge on any atom is 0.231 e. The standard InChI is InChI=1S/C28H26N10O/c39-24-8-4-12-37(24)13-14-38-17-31-25-26(30-16-23-33-21-6-1-2-7-22(21)34-23)35-28(36-27(25)38)32-19-9-10-20-18(15-19)5-3-11-29-20/h1-3,5-7,9-11,15,17H,4,8,12-14,16H2,(H,33,34)(H2,30,32,35,36). The van der Waals surface area contributed by atoms with Gasteiger partial charge in [0.05, 0.1) is 29.4 Å². The van der Waals surface area contributed by atoms with Crippen molar-refractivity contribution < 1.29 is 4.79 Å². The minimum Gasteiger partial charge on any atom is -0.361 e. The first-order chi connectivity index (χ1) is 19.2. The highest BCUT2D eigenvalue weighted by molar-refractivity contribution is 5.86. The molecule has 194 valence electrons. The molecule has 0 saturated carbocycles. The fourth-order valence-electron chi connectivity index (χ4n) is 5.00. The number of aromatic amines is 1. The number of H-pyrrole nitrogens is 1. The maximum atomic E-state index is 12.1. The molecule has 1 aliphatic rings. The van der Waals surface area contributed by atoms with Gasteiger partial charge in [-0.3, -0.25) is 9.78 Å². The second-order valence-corrected chi connectivity index (χ2v) is 9.58. The van der Waals surface area contributed by atoms with Crippen LogP contribution in [0.1, 0.15) is 18.7 Å². The number of anilines is 3. The Morgan fingerprint density at radius 2 is 1.90 bits per heavy atom. The fourth-order valence-corrected chi connectivity index (χ4v) is 5.00. The van der Waals surface area contributed by atoms with E-state index < -0.39 is 0 Å². The summed E-state index contributed by atoms with van der Waals surface area (Å²) in [7, 11) is 0. The molecule has 3 N–H and O–H groups in total. The molecule has 1 saturated heterocycles. The van der Waals surface area contributed by atoms with Crippen molar-refractivity contribution in [2.24, 2.45) is 0 Å². The third-order valence-corrected chi connectivity index (χ3v) is 6.97. The zero-order chi connectivity index (χ0) is 26.2. The van der Waals surface area contributed by atoms with Crippen LogP contribution in [0.5, 0.6) is 0 Å². The summed E-state index contributed by atoms with van der Waals surface area (Å²) in [5.74, 6) is 2.04. The average molecular weight is 519 g/mol. The number of likely N-dealkylation sites (tertiary alicyclic amines) is 1. The Morgan fingerprint density at radius 3 is 2.79 bits per heavy atom. The smallest absolute Gasteiger partial charge is 0.231 e. The molecule has 0 bridgehead atoms. The van der Waals surface area contributed by atoms with Gasteiger partial charge in [0, 0.05) is 43.3 Å². The summed E-state index contributed by atoms with van der Waals surface area (Å²) in [6.45, 7) is 2.46. The minimum absolute atomic E-state index is 0.204. The molecule has 11 nitrogen and oxygen atoms in total. The van der Waals surface area contributed by atoms with Gasteiger partial charge in [-0.1, -0.05) is 18.2 Å². The van der Waals surface area contributed by atoms with Crippen molar-refractivity contribution in [3.63, 3.8) is 0 Å². The lowest BCUT2D eigenvalue weighted by Gasteiger charge is -2.16. The molecule has 0 aliphatic carbocycles. The van der Waals surface area contributed by atoms with Gasteiger partial charge in [-0.2, -0.15) is 9.97 Å². The highest BCUT2D eigenvalue weighted by Gasteiger charge is 2.21. The second kappa shape index (κ2) is 9.67. The molecular weight excluding hydrogens is 492 g/mol. The molecule has 4 aromatic heterocycles. The van der Waals surface area contributed by atoms with E-state index in [4.69, 9.17) is 9.97 Å². The second-order valence-electron chi connectivity index (χ2n) is 9.58. The van der Waals surface area contributed by atoms with E-state index in [0.717, 1.165) is 46.4 Å². The van der Waals surface area contributed by atoms with Gasteiger partial charge in [0.15, 0.2) is 17.0 Å². The Balaban J connectivity index is 1.21. The maximum absolute atomic E-state index is 12.1. The minimum atomic E-state index is 0.204. The Labute approximate surface area is 223 Å². The van der Waals surface area contributed by atoms with Crippen molar-refractivity contribution in [2.45, 2.75) is 25.9 Å². The number of nitrogens with one attached hydrogen (secondary N) is 3. The van der Waals surface area contributed by atoms with Gasteiger partial charge in [-0.25, -0.2) is 9.97 Å². The molecule has 0 atom stereocenters. The highest BCUT2D eigenvalue weighted by Crippen LogP contribution is 2.25. The Hall–Kier alpha value is -5.06. The van der Waals surface area contributed by atoms with Crippen molar-refractivity contribution in [3.8, 4) is 0 Å². The number of hydrogen-bond donors (Lipinski definition) is 3. The zero-order valence-electron chi connectivity index (χ0n) is 21.1. The van der Waals surface area contributed by atoms with Crippen LogP contribution in [0.4, 0.5) is 17.5 Å². The molecule has 2 aromatic carbocycles. The number of nitrogens with zero attached hydrogens (tertiary/aromatic N) is 7. The van der Waals surface area contributed by atoms with Gasteiger partial charge >= 0.3 is 0 Å². The summed E-state index contributed by atoms with van der Waals surface area (Å²) < 4.78 is 1.98. The predicted molar refractivity (Wildman–Crippen MR) is 150 cm³/mol. The number of amides is 1. The van der Waals surface area contributed by atoms with E-state index in [1.165, 1.54) is 0 Å². The van der Waals surface area contributed by atoms with Crippen molar-refractivity contribution in [1.29, 1.82) is 0 Å². The number of rotatable bonds is 8. The van der Waals surface area contributed by atoms with Crippen LogP contribution in [0.2, 0.25) is 0 Å². The highest BCUT2D eigenvalue weighted by atomic mass is 16.2. The molecule has 1 amide bonds. The lowest BCUT2D eigenvalue weighted by atomic mass is 10.2. The molecule has 0 unspecified atom stereocenters. The normalized spacial score (nSPS) is 13.6. The summed E-state index contributed by atoms with van der Waals surface area (Å²) in [5, 5.41) is 7.77. The van der Waals surface area contributed by atoms with Crippen LogP contribution in [0, 0.1) is 0 Å². The van der Waals surface area contributed by atoms with Crippen LogP contribution < -0.4 is 10.6 Å². The first-order valence-electron chi connectivity index (χ1n) is 13.0. The molecule has 6 aromatic rings. The number of fused-ring (bicyclic) bond motifs is 3. The summed E-state index contributed by atoms with van der Waals surface area (Å²) in [5.41, 5.74) is 5.02. The molecule has 7 rings (SSSR count). The third-order valence-electron chi connectivity index (χ3n) is 6.97. The van der Waals surface area contributed by atoms with Crippen LogP contribution in [-0.4, -0.2) is 58.4 Å². The van der Waals surface area contributed by atoms with E-state index in [-0.39, 0.29) is 5.91 Å². The number of pyridine rings is 1. The number of hydrogen-bond acceptors (Lipinski definition) is 8. The SMILES string of the molecule is O=C1CCCN1CCn1cnc2c(NCc3nc4ccccc4[nH]3)nc(Nc3ccc4ncccc4c3)nc21. The quantitative estimate of drug-likeness (QED) is 0.273. The Morgan fingerprint density at radius 1 is 0.949 bits per heavy atom. The van der Waals surface area contributed by atoms with Crippen LogP contribution in [0.3, 0.4) is 0 Å². The molecule has 1 aliphatic heterocycles.